The first kappa shape index (κ1) is 19.2. The lowest BCUT2D eigenvalue weighted by Gasteiger charge is -2.13. The van der Waals surface area contributed by atoms with Crippen LogP contribution in [0.15, 0.2) is 48.5 Å². The van der Waals surface area contributed by atoms with Gasteiger partial charge in [-0.15, -0.1) is 13.2 Å². The molecule has 0 aliphatic rings. The van der Waals surface area contributed by atoms with E-state index in [0.29, 0.717) is 17.1 Å². The third kappa shape index (κ3) is 5.44. The number of rotatable bonds is 6. The molecule has 0 aromatic heterocycles. The highest BCUT2D eigenvalue weighted by molar-refractivity contribution is 6.03. The van der Waals surface area contributed by atoms with Gasteiger partial charge in [0.25, 0.3) is 0 Å². The molecule has 26 heavy (non-hydrogen) atoms. The number of alkyl halides is 3. The van der Waals surface area contributed by atoms with Crippen LogP contribution in [-0.2, 0) is 4.79 Å². The number of para-hydroxylation sites is 2. The second-order valence-electron chi connectivity index (χ2n) is 4.97. The minimum Gasteiger partial charge on any atom is -0.497 e. The minimum atomic E-state index is -4.86. The van der Waals surface area contributed by atoms with Gasteiger partial charge in [0.05, 0.1) is 19.9 Å². The molecule has 0 atom stereocenters. The van der Waals surface area contributed by atoms with Gasteiger partial charge in [-0.25, -0.2) is 0 Å². The summed E-state index contributed by atoms with van der Waals surface area (Å²) in [5, 5.41) is 2.35. The number of ether oxygens (including phenoxy) is 3. The van der Waals surface area contributed by atoms with Crippen LogP contribution in [-0.4, -0.2) is 26.5 Å². The summed E-state index contributed by atoms with van der Waals surface area (Å²) in [5.41, 5.74) is 0.471. The molecule has 0 bridgehead atoms. The van der Waals surface area contributed by atoms with Crippen molar-refractivity contribution in [3.63, 3.8) is 0 Å². The lowest BCUT2D eigenvalue weighted by molar-refractivity contribution is -0.274. The standard InChI is InChI=1S/C18H16F3NO4/c1-24-13-8-9-15(25-2)12(11-13)7-10-17(23)22-14-5-3-4-6-16(14)26-18(19,20)21/h3-11H,1-2H3,(H,22,23). The van der Waals surface area contributed by atoms with Crippen LogP contribution in [0, 0.1) is 0 Å². The summed E-state index contributed by atoms with van der Waals surface area (Å²) in [6.45, 7) is 0. The zero-order valence-corrected chi connectivity index (χ0v) is 14.0. The summed E-state index contributed by atoms with van der Waals surface area (Å²) in [4.78, 5) is 12.1. The second kappa shape index (κ2) is 8.28. The van der Waals surface area contributed by atoms with Crippen LogP contribution < -0.4 is 19.5 Å². The van der Waals surface area contributed by atoms with Crippen LogP contribution in [0.4, 0.5) is 18.9 Å². The van der Waals surface area contributed by atoms with Crippen LogP contribution >= 0.6 is 0 Å². The van der Waals surface area contributed by atoms with Crippen molar-refractivity contribution in [3.8, 4) is 17.2 Å². The molecule has 2 rings (SSSR count). The number of methoxy groups -OCH3 is 2. The molecule has 0 spiro atoms. The van der Waals surface area contributed by atoms with E-state index in [-0.39, 0.29) is 5.69 Å². The number of benzene rings is 2. The van der Waals surface area contributed by atoms with E-state index in [2.05, 4.69) is 10.1 Å². The van der Waals surface area contributed by atoms with E-state index in [1.54, 1.807) is 18.2 Å². The van der Waals surface area contributed by atoms with Crippen molar-refractivity contribution >= 4 is 17.7 Å². The Balaban J connectivity index is 2.16. The predicted molar refractivity (Wildman–Crippen MR) is 90.3 cm³/mol. The smallest absolute Gasteiger partial charge is 0.497 e. The van der Waals surface area contributed by atoms with Crippen molar-refractivity contribution < 1.29 is 32.2 Å². The molecule has 0 saturated carbocycles. The van der Waals surface area contributed by atoms with Crippen molar-refractivity contribution in [1.29, 1.82) is 0 Å². The molecule has 138 valence electrons. The molecule has 0 heterocycles. The van der Waals surface area contributed by atoms with Crippen molar-refractivity contribution in [2.24, 2.45) is 0 Å². The topological polar surface area (TPSA) is 56.8 Å². The highest BCUT2D eigenvalue weighted by atomic mass is 19.4. The van der Waals surface area contributed by atoms with E-state index >= 15 is 0 Å². The zero-order valence-electron chi connectivity index (χ0n) is 14.0. The molecule has 8 heteroatoms. The Morgan fingerprint density at radius 2 is 1.77 bits per heavy atom. The highest BCUT2D eigenvalue weighted by Gasteiger charge is 2.32. The lowest BCUT2D eigenvalue weighted by Crippen LogP contribution is -2.19. The number of carbonyl (C=O) groups excluding carboxylic acids is 1. The van der Waals surface area contributed by atoms with Crippen LogP contribution in [0.2, 0.25) is 0 Å². The third-order valence-corrected chi connectivity index (χ3v) is 3.22. The maximum Gasteiger partial charge on any atom is 0.573 e. The highest BCUT2D eigenvalue weighted by Crippen LogP contribution is 2.30. The molecule has 0 aliphatic heterocycles. The largest absolute Gasteiger partial charge is 0.573 e. The zero-order chi connectivity index (χ0) is 19.2. The van der Waals surface area contributed by atoms with Gasteiger partial charge < -0.3 is 19.5 Å². The predicted octanol–water partition coefficient (Wildman–Crippen LogP) is 4.25. The maximum atomic E-state index is 12.4. The summed E-state index contributed by atoms with van der Waals surface area (Å²) in [7, 11) is 2.98. The average Bonchev–Trinajstić information content (AvgIpc) is 2.60. The van der Waals surface area contributed by atoms with Gasteiger partial charge >= 0.3 is 6.36 Å². The molecule has 5 nitrogen and oxygen atoms in total. The van der Waals surface area contributed by atoms with E-state index in [1.165, 1.54) is 44.6 Å². The van der Waals surface area contributed by atoms with Gasteiger partial charge in [-0.2, -0.15) is 0 Å². The summed E-state index contributed by atoms with van der Waals surface area (Å²) in [6.07, 6.45) is -2.23. The Hall–Kier alpha value is -3.16. The molecule has 0 unspecified atom stereocenters. The van der Waals surface area contributed by atoms with Gasteiger partial charge in [0, 0.05) is 11.6 Å². The summed E-state index contributed by atoms with van der Waals surface area (Å²) >= 11 is 0. The monoisotopic (exact) mass is 367 g/mol. The second-order valence-corrected chi connectivity index (χ2v) is 4.97. The SMILES string of the molecule is COc1ccc(OC)c(C=CC(=O)Nc2ccccc2OC(F)(F)F)c1. The Bertz CT molecular complexity index is 803. The normalized spacial score (nSPS) is 11.3. The van der Waals surface area contributed by atoms with Crippen LogP contribution in [0.1, 0.15) is 5.56 Å². The van der Waals surface area contributed by atoms with Gasteiger partial charge in [-0.1, -0.05) is 12.1 Å². The minimum absolute atomic E-state index is 0.0999. The quantitative estimate of drug-likeness (QED) is 0.776. The molecule has 1 N–H and O–H groups in total. The first-order valence-corrected chi connectivity index (χ1v) is 7.38. The maximum absolute atomic E-state index is 12.4. The van der Waals surface area contributed by atoms with Gasteiger partial charge in [0.2, 0.25) is 5.91 Å². The number of carbonyl (C=O) groups is 1. The molecule has 1 amide bonds. The first-order valence-electron chi connectivity index (χ1n) is 7.38. The number of nitrogens with one attached hydrogen (secondary N) is 1. The fourth-order valence-electron chi connectivity index (χ4n) is 2.09. The number of anilines is 1. The van der Waals surface area contributed by atoms with E-state index in [1.807, 2.05) is 0 Å². The number of hydrogen-bond donors (Lipinski definition) is 1. The van der Waals surface area contributed by atoms with Gasteiger partial charge in [0.15, 0.2) is 5.75 Å². The molecule has 2 aromatic rings. The average molecular weight is 367 g/mol. The Morgan fingerprint density at radius 1 is 1.04 bits per heavy atom. The first-order chi connectivity index (χ1) is 12.3. The third-order valence-electron chi connectivity index (χ3n) is 3.22. The van der Waals surface area contributed by atoms with Crippen molar-refractivity contribution in [1.82, 2.24) is 0 Å². The van der Waals surface area contributed by atoms with Crippen molar-refractivity contribution in [2.75, 3.05) is 19.5 Å². The number of amides is 1. The van der Waals surface area contributed by atoms with Crippen LogP contribution in [0.5, 0.6) is 17.2 Å². The van der Waals surface area contributed by atoms with Crippen LogP contribution in [0.25, 0.3) is 6.08 Å². The molecular formula is C18H16F3NO4. The summed E-state index contributed by atoms with van der Waals surface area (Å²) < 4.78 is 51.4. The van der Waals surface area contributed by atoms with E-state index in [0.717, 1.165) is 6.07 Å². The Morgan fingerprint density at radius 3 is 2.42 bits per heavy atom. The molecule has 0 radical (unpaired) electrons. The van der Waals surface area contributed by atoms with Gasteiger partial charge in [-0.05, 0) is 36.4 Å². The molecule has 0 saturated heterocycles. The molecule has 0 aliphatic carbocycles. The number of halogens is 3. The van der Waals surface area contributed by atoms with Crippen LogP contribution in [0.3, 0.4) is 0 Å². The summed E-state index contributed by atoms with van der Waals surface area (Å²) in [5.74, 6) is -0.0563. The lowest BCUT2D eigenvalue weighted by atomic mass is 10.1. The Labute approximate surface area is 148 Å². The van der Waals surface area contributed by atoms with E-state index < -0.39 is 18.0 Å². The Kier molecular flexibility index (Phi) is 6.11. The summed E-state index contributed by atoms with van der Waals surface area (Å²) in [6, 6.07) is 10.3. The van der Waals surface area contributed by atoms with Crippen molar-refractivity contribution in [3.05, 3.63) is 54.1 Å². The van der Waals surface area contributed by atoms with Crippen molar-refractivity contribution in [2.45, 2.75) is 6.36 Å². The fourth-order valence-corrected chi connectivity index (χ4v) is 2.09. The van der Waals surface area contributed by atoms with E-state index in [4.69, 9.17) is 9.47 Å². The number of hydrogen-bond acceptors (Lipinski definition) is 4. The molecule has 2 aromatic carbocycles. The van der Waals surface area contributed by atoms with Gasteiger partial charge in [-0.3, -0.25) is 4.79 Å². The van der Waals surface area contributed by atoms with Gasteiger partial charge in [0.1, 0.15) is 11.5 Å². The van der Waals surface area contributed by atoms with E-state index in [9.17, 15) is 18.0 Å². The molecular weight excluding hydrogens is 351 g/mol. The molecule has 0 fully saturated rings. The fraction of sp³-hybridized carbons (Fsp3) is 0.167.